The molecule has 1 aliphatic carbocycles. The number of benzene rings is 2. The van der Waals surface area contributed by atoms with Gasteiger partial charge >= 0.3 is 0 Å². The normalized spacial score (nSPS) is 15.8. The van der Waals surface area contributed by atoms with E-state index in [9.17, 15) is 9.18 Å². The highest BCUT2D eigenvalue weighted by Gasteiger charge is 2.51. The molecule has 1 spiro atoms. The Balaban J connectivity index is 0.000000552. The molecule has 3 aliphatic rings. The molecular weight excluding hydrogens is 653 g/mol. The molecule has 4 heterocycles. The Hall–Kier alpha value is -4.41. The van der Waals surface area contributed by atoms with E-state index in [0.29, 0.717) is 24.4 Å². The molecule has 11 heteroatoms. The van der Waals surface area contributed by atoms with Crippen molar-refractivity contribution in [3.8, 4) is 11.6 Å². The molecule has 2 aromatic heterocycles. The third-order valence-electron chi connectivity index (χ3n) is 9.02. The van der Waals surface area contributed by atoms with E-state index < -0.39 is 0 Å². The number of aryl methyl sites for hydroxylation is 1. The van der Waals surface area contributed by atoms with Gasteiger partial charge in [-0.15, -0.1) is 10.2 Å². The zero-order valence-corrected chi connectivity index (χ0v) is 30.4. The van der Waals surface area contributed by atoms with Crippen LogP contribution >= 0.6 is 11.6 Å². The largest absolute Gasteiger partial charge is 0.435 e. The first kappa shape index (κ1) is 36.9. The van der Waals surface area contributed by atoms with Crippen LogP contribution in [0, 0.1) is 11.2 Å². The lowest BCUT2D eigenvalue weighted by atomic mass is 9.60. The van der Waals surface area contributed by atoms with Crippen molar-refractivity contribution in [1.82, 2.24) is 30.4 Å². The maximum absolute atomic E-state index is 13.7. The number of fused-ring (bicyclic) bond motifs is 1. The predicted molar refractivity (Wildman–Crippen MR) is 197 cm³/mol. The smallest absolute Gasteiger partial charge is 0.282 e. The zero-order valence-electron chi connectivity index (χ0n) is 29.6. The molecule has 2 aromatic carbocycles. The average molecular weight is 700 g/mol. The Morgan fingerprint density at radius 2 is 1.84 bits per heavy atom. The summed E-state index contributed by atoms with van der Waals surface area (Å²) in [5.74, 6) is 1.11. The number of carbonyl (C=O) groups excluding carboxylic acids is 1. The van der Waals surface area contributed by atoms with Gasteiger partial charge in [0.1, 0.15) is 11.6 Å². The van der Waals surface area contributed by atoms with Gasteiger partial charge in [0.15, 0.2) is 5.82 Å². The third-order valence-corrected chi connectivity index (χ3v) is 9.18. The number of pyridine rings is 1. The van der Waals surface area contributed by atoms with Crippen molar-refractivity contribution in [1.29, 1.82) is 0 Å². The SMILES string of the molecule is CC.CC(C)NC=O.CCc1cc(F)ccc1Oc1nnc(Cl)nc1N1CC2(CC(=Cc3ccnc4c3CN(Cc3ccccc3)CC4)C2)C1. The molecule has 4 aromatic rings. The van der Waals surface area contributed by atoms with Gasteiger partial charge in [-0.3, -0.25) is 14.7 Å². The van der Waals surface area contributed by atoms with Crippen molar-refractivity contribution in [2.75, 3.05) is 24.5 Å². The van der Waals surface area contributed by atoms with Gasteiger partial charge in [0.2, 0.25) is 11.7 Å². The first-order valence-electron chi connectivity index (χ1n) is 17.5. The van der Waals surface area contributed by atoms with Gasteiger partial charge in [0, 0.05) is 62.5 Å². The molecule has 50 heavy (non-hydrogen) atoms. The number of hydrogen-bond acceptors (Lipinski definition) is 8. The topological polar surface area (TPSA) is 96.4 Å². The maximum Gasteiger partial charge on any atom is 0.282 e. The van der Waals surface area contributed by atoms with Gasteiger partial charge < -0.3 is 15.0 Å². The Kier molecular flexibility index (Phi) is 12.5. The van der Waals surface area contributed by atoms with Crippen molar-refractivity contribution >= 4 is 29.9 Å². The van der Waals surface area contributed by atoms with Crippen LogP contribution in [-0.2, 0) is 30.7 Å². The van der Waals surface area contributed by atoms with Crippen LogP contribution in [-0.4, -0.2) is 57.2 Å². The zero-order chi connectivity index (χ0) is 35.7. The van der Waals surface area contributed by atoms with E-state index in [1.807, 2.05) is 40.8 Å². The van der Waals surface area contributed by atoms with Crippen molar-refractivity contribution in [2.24, 2.45) is 5.41 Å². The molecule has 264 valence electrons. The molecule has 0 bridgehead atoms. The second kappa shape index (κ2) is 17.0. The molecule has 2 aliphatic heterocycles. The van der Waals surface area contributed by atoms with Crippen molar-refractivity contribution in [2.45, 2.75) is 79.4 Å². The summed E-state index contributed by atoms with van der Waals surface area (Å²) in [6, 6.07) is 17.6. The number of nitrogens with zero attached hydrogens (tertiary/aromatic N) is 6. The molecule has 1 saturated heterocycles. The number of halogens is 2. The molecule has 2 fully saturated rings. The first-order valence-corrected chi connectivity index (χ1v) is 17.9. The highest BCUT2D eigenvalue weighted by atomic mass is 35.5. The summed E-state index contributed by atoms with van der Waals surface area (Å²) in [5.41, 5.74) is 7.68. The molecule has 1 amide bonds. The van der Waals surface area contributed by atoms with E-state index >= 15 is 0 Å². The van der Waals surface area contributed by atoms with Gasteiger partial charge in [0.25, 0.3) is 5.88 Å². The third kappa shape index (κ3) is 9.03. The second-order valence-corrected chi connectivity index (χ2v) is 13.5. The van der Waals surface area contributed by atoms with E-state index in [1.165, 1.54) is 40.1 Å². The van der Waals surface area contributed by atoms with E-state index in [0.717, 1.165) is 57.5 Å². The molecule has 1 saturated carbocycles. The van der Waals surface area contributed by atoms with E-state index in [-0.39, 0.29) is 28.4 Å². The summed E-state index contributed by atoms with van der Waals surface area (Å²) in [4.78, 5) is 23.3. The Bertz CT molecular complexity index is 1770. The molecule has 7 rings (SSSR count). The quantitative estimate of drug-likeness (QED) is 0.177. The number of anilines is 1. The van der Waals surface area contributed by atoms with Gasteiger partial charge in [-0.05, 0) is 91.2 Å². The maximum atomic E-state index is 13.7. The lowest BCUT2D eigenvalue weighted by Gasteiger charge is -2.57. The highest BCUT2D eigenvalue weighted by Crippen LogP contribution is 2.54. The van der Waals surface area contributed by atoms with Crippen molar-refractivity contribution < 1.29 is 13.9 Å². The fourth-order valence-corrected chi connectivity index (χ4v) is 6.84. The van der Waals surface area contributed by atoms with Crippen LogP contribution in [0.25, 0.3) is 6.08 Å². The highest BCUT2D eigenvalue weighted by molar-refractivity contribution is 6.28. The van der Waals surface area contributed by atoms with Crippen LogP contribution in [0.15, 0.2) is 66.4 Å². The minimum absolute atomic E-state index is 0.0751. The Labute approximate surface area is 300 Å². The first-order chi connectivity index (χ1) is 24.2. The number of carbonyl (C=O) groups is 1. The van der Waals surface area contributed by atoms with Gasteiger partial charge in [-0.25, -0.2) is 4.39 Å². The van der Waals surface area contributed by atoms with Crippen LogP contribution < -0.4 is 15.0 Å². The lowest BCUT2D eigenvalue weighted by molar-refractivity contribution is -0.109. The van der Waals surface area contributed by atoms with Crippen LogP contribution in [0.4, 0.5) is 10.2 Å². The fraction of sp³-hybridized carbons (Fsp3) is 0.410. The standard InChI is InChI=1S/C33H32ClFN6O.C4H9NO.C2H6/c1-2-24-15-26(35)8-9-29(24)42-31-30(37-32(34)39-38-31)41-20-33(21-41)16-23(17-33)14-25-10-12-36-28-11-13-40(19-27(25)28)18-22-6-4-3-5-7-22;1-4(2)5-3-6;1-2/h3-10,12,14-15H,2,11,13,16-21H2,1H3;3-4H,1-2H3,(H,5,6);1-2H3. The Morgan fingerprint density at radius 1 is 1.08 bits per heavy atom. The van der Waals surface area contributed by atoms with Gasteiger partial charge in [-0.1, -0.05) is 62.8 Å². The predicted octanol–water partition coefficient (Wildman–Crippen LogP) is 7.82. The van der Waals surface area contributed by atoms with Crippen LogP contribution in [0.5, 0.6) is 11.6 Å². The lowest BCUT2D eigenvalue weighted by Crippen LogP contribution is -2.60. The summed E-state index contributed by atoms with van der Waals surface area (Å²) < 4.78 is 19.8. The number of hydrogen-bond donors (Lipinski definition) is 1. The van der Waals surface area contributed by atoms with Gasteiger partial charge in [0.05, 0.1) is 0 Å². The van der Waals surface area contributed by atoms with E-state index in [1.54, 1.807) is 6.07 Å². The number of allylic oxidation sites excluding steroid dienone is 1. The minimum atomic E-state index is -0.296. The summed E-state index contributed by atoms with van der Waals surface area (Å²) in [6.45, 7) is 14.4. The number of amides is 1. The van der Waals surface area contributed by atoms with Crippen LogP contribution in [0.3, 0.4) is 0 Å². The number of ether oxygens (including phenoxy) is 1. The van der Waals surface area contributed by atoms with E-state index in [2.05, 4.69) is 72.8 Å². The van der Waals surface area contributed by atoms with Gasteiger partial charge in [-0.2, -0.15) is 4.98 Å². The van der Waals surface area contributed by atoms with Crippen molar-refractivity contribution in [3.63, 3.8) is 0 Å². The summed E-state index contributed by atoms with van der Waals surface area (Å²) in [5, 5.41) is 10.7. The molecule has 1 N–H and O–H groups in total. The number of aromatic nitrogens is 4. The molecule has 9 nitrogen and oxygen atoms in total. The molecular formula is C39H47ClFN7O2. The van der Waals surface area contributed by atoms with E-state index in [4.69, 9.17) is 21.3 Å². The average Bonchev–Trinajstić information content (AvgIpc) is 3.08. The number of rotatable bonds is 9. The molecule has 0 radical (unpaired) electrons. The number of nitrogens with one attached hydrogen (secondary N) is 1. The second-order valence-electron chi connectivity index (χ2n) is 13.1. The van der Waals surface area contributed by atoms with Crippen molar-refractivity contribution in [3.05, 3.63) is 105 Å². The molecule has 0 unspecified atom stereocenters. The minimum Gasteiger partial charge on any atom is -0.435 e. The fourth-order valence-electron chi connectivity index (χ4n) is 6.72. The summed E-state index contributed by atoms with van der Waals surface area (Å²) >= 11 is 6.14. The summed E-state index contributed by atoms with van der Waals surface area (Å²) in [6.07, 6.45) is 8.75. The summed E-state index contributed by atoms with van der Waals surface area (Å²) in [7, 11) is 0. The van der Waals surface area contributed by atoms with Crippen LogP contribution in [0.1, 0.15) is 75.4 Å². The monoisotopic (exact) mass is 699 g/mol. The van der Waals surface area contributed by atoms with Crippen LogP contribution in [0.2, 0.25) is 5.28 Å². The Morgan fingerprint density at radius 3 is 2.52 bits per heavy atom. The molecule has 0 atom stereocenters.